The molecule has 0 aliphatic carbocycles. The van der Waals surface area contributed by atoms with Crippen LogP contribution in [0.1, 0.15) is 18.5 Å². The van der Waals surface area contributed by atoms with Crippen molar-refractivity contribution < 1.29 is 9.47 Å². The first-order valence-corrected chi connectivity index (χ1v) is 9.34. The molecule has 29 heavy (non-hydrogen) atoms. The third-order valence-corrected chi connectivity index (χ3v) is 4.85. The first kappa shape index (κ1) is 18.7. The Morgan fingerprint density at radius 1 is 0.862 bits per heavy atom. The van der Waals surface area contributed by atoms with E-state index < -0.39 is 0 Å². The summed E-state index contributed by atoms with van der Waals surface area (Å²) in [7, 11) is 3.17. The summed E-state index contributed by atoms with van der Waals surface area (Å²) < 4.78 is 10.6. The zero-order chi connectivity index (χ0) is 20.2. The number of nitrogens with zero attached hydrogens (tertiary/aromatic N) is 3. The molecular weight excluding hydrogens is 364 g/mol. The van der Waals surface area contributed by atoms with Crippen LogP contribution in [-0.4, -0.2) is 29.2 Å². The number of aromatic nitrogens is 3. The van der Waals surface area contributed by atoms with Crippen molar-refractivity contribution in [2.45, 2.75) is 13.0 Å². The fraction of sp³-hybridized carbons (Fsp3) is 0.174. The van der Waals surface area contributed by atoms with Crippen molar-refractivity contribution in [3.63, 3.8) is 0 Å². The number of ether oxygens (including phenoxy) is 2. The van der Waals surface area contributed by atoms with Crippen LogP contribution in [0.25, 0.3) is 22.0 Å². The van der Waals surface area contributed by atoms with Crippen molar-refractivity contribution in [1.29, 1.82) is 0 Å². The molecule has 6 heteroatoms. The fourth-order valence-corrected chi connectivity index (χ4v) is 3.27. The highest BCUT2D eigenvalue weighted by Gasteiger charge is 2.12. The molecule has 0 aliphatic rings. The third-order valence-electron chi connectivity index (χ3n) is 4.85. The van der Waals surface area contributed by atoms with Gasteiger partial charge in [-0.05, 0) is 36.2 Å². The molecule has 0 saturated heterocycles. The monoisotopic (exact) mass is 386 g/mol. The molecular formula is C23H22N4O2. The van der Waals surface area contributed by atoms with Gasteiger partial charge < -0.3 is 14.8 Å². The molecule has 146 valence electrons. The van der Waals surface area contributed by atoms with Crippen molar-refractivity contribution in [1.82, 2.24) is 15.0 Å². The second-order valence-electron chi connectivity index (χ2n) is 6.67. The Kier molecular flexibility index (Phi) is 5.24. The van der Waals surface area contributed by atoms with E-state index in [2.05, 4.69) is 45.4 Å². The maximum Gasteiger partial charge on any atom is 0.256 e. The van der Waals surface area contributed by atoms with Crippen LogP contribution < -0.4 is 14.8 Å². The smallest absolute Gasteiger partial charge is 0.256 e. The summed E-state index contributed by atoms with van der Waals surface area (Å²) >= 11 is 0. The van der Waals surface area contributed by atoms with E-state index in [-0.39, 0.29) is 6.04 Å². The van der Waals surface area contributed by atoms with Crippen molar-refractivity contribution in [3.8, 4) is 22.8 Å². The van der Waals surface area contributed by atoms with Crippen LogP contribution in [0.3, 0.4) is 0 Å². The van der Waals surface area contributed by atoms with Gasteiger partial charge in [-0.1, -0.05) is 36.4 Å². The van der Waals surface area contributed by atoms with Crippen LogP contribution in [0.4, 0.5) is 5.82 Å². The van der Waals surface area contributed by atoms with Crippen LogP contribution >= 0.6 is 0 Å². The lowest BCUT2D eigenvalue weighted by atomic mass is 10.0. The Hall–Kier alpha value is -3.67. The summed E-state index contributed by atoms with van der Waals surface area (Å²) in [6, 6.07) is 18.4. The molecule has 1 N–H and O–H groups in total. The fourth-order valence-electron chi connectivity index (χ4n) is 3.27. The van der Waals surface area contributed by atoms with Gasteiger partial charge in [0.25, 0.3) is 5.88 Å². The van der Waals surface area contributed by atoms with Gasteiger partial charge in [0, 0.05) is 23.2 Å². The highest BCUT2D eigenvalue weighted by Crippen LogP contribution is 2.32. The Morgan fingerprint density at radius 2 is 1.69 bits per heavy atom. The predicted octanol–water partition coefficient (Wildman–Crippen LogP) is 4.88. The minimum absolute atomic E-state index is 0.112. The molecule has 1 atom stereocenters. The molecule has 0 spiro atoms. The lowest BCUT2D eigenvalue weighted by molar-refractivity contribution is 0.343. The Bertz CT molecular complexity index is 1130. The topological polar surface area (TPSA) is 69.2 Å². The highest BCUT2D eigenvalue weighted by molar-refractivity contribution is 5.92. The molecule has 4 rings (SSSR count). The first-order chi connectivity index (χ1) is 14.2. The lowest BCUT2D eigenvalue weighted by Gasteiger charge is -2.16. The van der Waals surface area contributed by atoms with Crippen molar-refractivity contribution in [2.24, 2.45) is 0 Å². The number of nitrogens with one attached hydrogen (secondary N) is 1. The van der Waals surface area contributed by atoms with E-state index in [4.69, 9.17) is 9.47 Å². The maximum absolute atomic E-state index is 5.39. The Balaban J connectivity index is 1.73. The quantitative estimate of drug-likeness (QED) is 0.509. The van der Waals surface area contributed by atoms with Gasteiger partial charge in [-0.15, -0.1) is 0 Å². The zero-order valence-corrected chi connectivity index (χ0v) is 16.6. The molecule has 4 aromatic rings. The van der Waals surface area contributed by atoms with E-state index in [1.807, 2.05) is 36.4 Å². The van der Waals surface area contributed by atoms with Crippen molar-refractivity contribution >= 4 is 16.7 Å². The molecule has 0 bridgehead atoms. The first-order valence-electron chi connectivity index (χ1n) is 9.34. The van der Waals surface area contributed by atoms with Crippen molar-refractivity contribution in [2.75, 3.05) is 19.5 Å². The molecule has 0 amide bonds. The average Bonchev–Trinajstić information content (AvgIpc) is 2.79. The van der Waals surface area contributed by atoms with Gasteiger partial charge in [-0.2, -0.15) is 0 Å². The minimum Gasteiger partial charge on any atom is -0.491 e. The Morgan fingerprint density at radius 3 is 2.45 bits per heavy atom. The molecule has 2 aromatic carbocycles. The van der Waals surface area contributed by atoms with Gasteiger partial charge in [0.15, 0.2) is 5.75 Å². The number of methoxy groups -OCH3 is 2. The summed E-state index contributed by atoms with van der Waals surface area (Å²) in [4.78, 5) is 13.2. The second kappa shape index (κ2) is 8.14. The van der Waals surface area contributed by atoms with E-state index >= 15 is 0 Å². The third kappa shape index (κ3) is 3.82. The molecule has 2 heterocycles. The van der Waals surface area contributed by atoms with E-state index in [0.717, 1.165) is 27.8 Å². The molecule has 0 saturated carbocycles. The molecule has 2 aromatic heterocycles. The second-order valence-corrected chi connectivity index (χ2v) is 6.67. The van der Waals surface area contributed by atoms with Gasteiger partial charge in [0.2, 0.25) is 0 Å². The summed E-state index contributed by atoms with van der Waals surface area (Å²) in [5, 5.41) is 4.46. The highest BCUT2D eigenvalue weighted by atomic mass is 16.5. The summed E-state index contributed by atoms with van der Waals surface area (Å²) in [5.74, 6) is 1.84. The molecule has 0 aliphatic heterocycles. The van der Waals surface area contributed by atoms with Gasteiger partial charge in [0.05, 0.1) is 19.7 Å². The van der Waals surface area contributed by atoms with E-state index in [1.165, 1.54) is 5.56 Å². The zero-order valence-electron chi connectivity index (χ0n) is 16.6. The van der Waals surface area contributed by atoms with E-state index in [9.17, 15) is 0 Å². The van der Waals surface area contributed by atoms with Gasteiger partial charge >= 0.3 is 0 Å². The molecule has 1 unspecified atom stereocenters. The number of fused-ring (bicyclic) bond motifs is 1. The van der Waals surface area contributed by atoms with Crippen LogP contribution in [0, 0.1) is 0 Å². The number of hydrogen-bond donors (Lipinski definition) is 1. The SMILES string of the molecule is COc1cc(-c2ccc3ncnc(NC(C)c4ccccc4)c3c2)cnc1OC. The number of pyridine rings is 1. The minimum atomic E-state index is 0.112. The van der Waals surface area contributed by atoms with Crippen LogP contribution in [0.15, 0.2) is 67.1 Å². The predicted molar refractivity (Wildman–Crippen MR) is 114 cm³/mol. The molecule has 0 radical (unpaired) electrons. The normalized spacial score (nSPS) is 11.8. The van der Waals surface area contributed by atoms with Gasteiger partial charge in [-0.25, -0.2) is 15.0 Å². The van der Waals surface area contributed by atoms with Gasteiger partial charge in [0.1, 0.15) is 12.1 Å². The number of anilines is 1. The number of benzene rings is 2. The standard InChI is InChI=1S/C23H22N4O2/c1-15(16-7-5-4-6-8-16)27-22-19-11-17(9-10-20(19)25-14-26-22)18-12-21(28-2)23(29-3)24-13-18/h4-15H,1-3H3,(H,25,26,27). The summed E-state index contributed by atoms with van der Waals surface area (Å²) in [6.07, 6.45) is 3.35. The van der Waals surface area contributed by atoms with Crippen LogP contribution in [0.5, 0.6) is 11.6 Å². The average molecular weight is 386 g/mol. The largest absolute Gasteiger partial charge is 0.491 e. The van der Waals surface area contributed by atoms with Crippen LogP contribution in [-0.2, 0) is 0 Å². The summed E-state index contributed by atoms with van der Waals surface area (Å²) in [6.45, 7) is 2.12. The number of rotatable bonds is 6. The lowest BCUT2D eigenvalue weighted by Crippen LogP contribution is -2.08. The van der Waals surface area contributed by atoms with Crippen molar-refractivity contribution in [3.05, 3.63) is 72.7 Å². The molecule has 6 nitrogen and oxygen atoms in total. The number of hydrogen-bond acceptors (Lipinski definition) is 6. The van der Waals surface area contributed by atoms with Crippen LogP contribution in [0.2, 0.25) is 0 Å². The summed E-state index contributed by atoms with van der Waals surface area (Å²) in [5.41, 5.74) is 3.99. The van der Waals surface area contributed by atoms with Gasteiger partial charge in [-0.3, -0.25) is 0 Å². The maximum atomic E-state index is 5.39. The Labute approximate surface area is 169 Å². The van der Waals surface area contributed by atoms with E-state index in [0.29, 0.717) is 11.6 Å². The molecule has 0 fully saturated rings. The van der Waals surface area contributed by atoms with E-state index in [1.54, 1.807) is 26.7 Å².